The maximum atomic E-state index is 12.3. The van der Waals surface area contributed by atoms with Crippen LogP contribution in [-0.2, 0) is 0 Å². The molecule has 0 saturated heterocycles. The predicted molar refractivity (Wildman–Crippen MR) is 58.7 cm³/mol. The summed E-state index contributed by atoms with van der Waals surface area (Å²) < 4.78 is 24.6. The number of hydrogen-bond acceptors (Lipinski definition) is 1. The molecule has 1 aromatic carbocycles. The van der Waals surface area contributed by atoms with E-state index in [1.165, 1.54) is 12.1 Å². The monoisotopic (exact) mass is 211 g/mol. The minimum atomic E-state index is -2.39. The zero-order valence-electron chi connectivity index (χ0n) is 8.93. The lowest BCUT2D eigenvalue weighted by atomic mass is 10.0. The van der Waals surface area contributed by atoms with Crippen LogP contribution in [0.25, 0.3) is 5.57 Å². The van der Waals surface area contributed by atoms with Crippen LogP contribution in [0.2, 0.25) is 0 Å². The summed E-state index contributed by atoms with van der Waals surface area (Å²) in [7, 11) is 1.82. The molecule has 0 fully saturated rings. The van der Waals surface area contributed by atoms with E-state index >= 15 is 0 Å². The molecule has 3 heteroatoms. The molecule has 0 aliphatic rings. The Labute approximate surface area is 88.8 Å². The van der Waals surface area contributed by atoms with Gasteiger partial charge in [0.15, 0.2) is 0 Å². The van der Waals surface area contributed by atoms with Gasteiger partial charge in [0, 0.05) is 12.6 Å². The van der Waals surface area contributed by atoms with Crippen molar-refractivity contribution in [2.45, 2.75) is 19.8 Å². The summed E-state index contributed by atoms with van der Waals surface area (Å²) in [5.41, 5.74) is 2.16. The zero-order valence-corrected chi connectivity index (χ0v) is 8.93. The van der Waals surface area contributed by atoms with Crippen molar-refractivity contribution in [2.24, 2.45) is 0 Å². The molecule has 15 heavy (non-hydrogen) atoms. The standard InChI is InChI=1S/C12H15F2N/c1-3-9(8-15-2)10-4-6-11(7-5-10)12(13)14/h4-8,12,15H,3H2,1-2H3/b9-8-. The molecule has 0 aliphatic heterocycles. The summed E-state index contributed by atoms with van der Waals surface area (Å²) in [6.45, 7) is 2.03. The van der Waals surface area contributed by atoms with Crippen molar-refractivity contribution in [1.29, 1.82) is 0 Å². The van der Waals surface area contributed by atoms with Crippen LogP contribution in [0, 0.1) is 0 Å². The van der Waals surface area contributed by atoms with E-state index in [4.69, 9.17) is 0 Å². The van der Waals surface area contributed by atoms with Gasteiger partial charge in [-0.05, 0) is 23.8 Å². The third-order valence-electron chi connectivity index (χ3n) is 2.23. The van der Waals surface area contributed by atoms with Gasteiger partial charge in [0.05, 0.1) is 0 Å². The fourth-order valence-corrected chi connectivity index (χ4v) is 1.41. The number of hydrogen-bond donors (Lipinski definition) is 1. The third-order valence-corrected chi connectivity index (χ3v) is 2.23. The highest BCUT2D eigenvalue weighted by molar-refractivity contribution is 5.65. The van der Waals surface area contributed by atoms with E-state index in [0.29, 0.717) is 0 Å². The van der Waals surface area contributed by atoms with Crippen molar-refractivity contribution < 1.29 is 8.78 Å². The number of allylic oxidation sites excluding steroid dienone is 1. The van der Waals surface area contributed by atoms with Crippen molar-refractivity contribution in [2.75, 3.05) is 7.05 Å². The van der Waals surface area contributed by atoms with Gasteiger partial charge in [0.25, 0.3) is 6.43 Å². The Kier molecular flexibility index (Phi) is 4.28. The number of benzene rings is 1. The summed E-state index contributed by atoms with van der Waals surface area (Å²) in [6, 6.07) is 6.40. The Hall–Kier alpha value is -1.38. The number of halogens is 2. The minimum Gasteiger partial charge on any atom is -0.394 e. The summed E-state index contributed by atoms with van der Waals surface area (Å²) in [5.74, 6) is 0. The Balaban J connectivity index is 2.92. The lowest BCUT2D eigenvalue weighted by Crippen LogP contribution is -1.96. The van der Waals surface area contributed by atoms with Gasteiger partial charge in [-0.15, -0.1) is 0 Å². The molecule has 1 rings (SSSR count). The highest BCUT2D eigenvalue weighted by atomic mass is 19.3. The second kappa shape index (κ2) is 5.49. The van der Waals surface area contributed by atoms with Crippen molar-refractivity contribution in [3.63, 3.8) is 0 Å². The molecule has 0 unspecified atom stereocenters. The van der Waals surface area contributed by atoms with Crippen molar-refractivity contribution >= 4 is 5.57 Å². The number of nitrogens with one attached hydrogen (secondary N) is 1. The molecule has 0 saturated carbocycles. The molecule has 1 N–H and O–H groups in total. The topological polar surface area (TPSA) is 12.0 Å². The molecule has 0 amide bonds. The van der Waals surface area contributed by atoms with Gasteiger partial charge < -0.3 is 5.32 Å². The van der Waals surface area contributed by atoms with E-state index in [1.54, 1.807) is 12.1 Å². The molecule has 0 aromatic heterocycles. The van der Waals surface area contributed by atoms with Gasteiger partial charge in [-0.2, -0.15) is 0 Å². The molecule has 1 nitrogen and oxygen atoms in total. The smallest absolute Gasteiger partial charge is 0.263 e. The van der Waals surface area contributed by atoms with Crippen LogP contribution in [0.4, 0.5) is 8.78 Å². The van der Waals surface area contributed by atoms with Crippen LogP contribution in [0.5, 0.6) is 0 Å². The van der Waals surface area contributed by atoms with Gasteiger partial charge in [-0.1, -0.05) is 31.2 Å². The summed E-state index contributed by atoms with van der Waals surface area (Å²) >= 11 is 0. The SMILES string of the molecule is CC/C(=C/NC)c1ccc(C(F)F)cc1. The van der Waals surface area contributed by atoms with Crippen LogP contribution in [0.1, 0.15) is 30.9 Å². The number of rotatable bonds is 4. The average Bonchev–Trinajstić information content (AvgIpc) is 2.26. The van der Waals surface area contributed by atoms with Gasteiger partial charge >= 0.3 is 0 Å². The first-order valence-corrected chi connectivity index (χ1v) is 4.93. The van der Waals surface area contributed by atoms with Crippen molar-refractivity contribution in [1.82, 2.24) is 5.32 Å². The fourth-order valence-electron chi connectivity index (χ4n) is 1.41. The lowest BCUT2D eigenvalue weighted by Gasteiger charge is -2.06. The molecule has 82 valence electrons. The van der Waals surface area contributed by atoms with E-state index in [-0.39, 0.29) is 5.56 Å². The van der Waals surface area contributed by atoms with Gasteiger partial charge in [-0.25, -0.2) is 8.78 Å². The molecule has 0 atom stereocenters. The summed E-state index contributed by atoms with van der Waals surface area (Å²) in [4.78, 5) is 0. The van der Waals surface area contributed by atoms with Crippen LogP contribution < -0.4 is 5.32 Å². The first kappa shape index (κ1) is 11.7. The minimum absolute atomic E-state index is 0.0682. The van der Waals surface area contributed by atoms with Crippen LogP contribution in [-0.4, -0.2) is 7.05 Å². The first-order valence-electron chi connectivity index (χ1n) is 4.93. The van der Waals surface area contributed by atoms with E-state index in [0.717, 1.165) is 17.6 Å². The van der Waals surface area contributed by atoms with E-state index in [9.17, 15) is 8.78 Å². The molecule has 0 aliphatic carbocycles. The maximum Gasteiger partial charge on any atom is 0.263 e. The Morgan fingerprint density at radius 2 is 1.93 bits per heavy atom. The van der Waals surface area contributed by atoms with Crippen LogP contribution in [0.3, 0.4) is 0 Å². The van der Waals surface area contributed by atoms with E-state index in [2.05, 4.69) is 5.32 Å². The largest absolute Gasteiger partial charge is 0.394 e. The highest BCUT2D eigenvalue weighted by Crippen LogP contribution is 2.22. The van der Waals surface area contributed by atoms with Gasteiger partial charge in [0.1, 0.15) is 0 Å². The highest BCUT2D eigenvalue weighted by Gasteiger charge is 2.06. The van der Waals surface area contributed by atoms with Gasteiger partial charge in [0.2, 0.25) is 0 Å². The van der Waals surface area contributed by atoms with Crippen molar-refractivity contribution in [3.8, 4) is 0 Å². The molecule has 0 bridgehead atoms. The molecular weight excluding hydrogens is 196 g/mol. The van der Waals surface area contributed by atoms with Gasteiger partial charge in [-0.3, -0.25) is 0 Å². The quantitative estimate of drug-likeness (QED) is 0.802. The summed E-state index contributed by atoms with van der Waals surface area (Å²) in [6.07, 6.45) is 0.365. The Bertz CT molecular complexity index is 328. The van der Waals surface area contributed by atoms with Crippen molar-refractivity contribution in [3.05, 3.63) is 41.6 Å². The van der Waals surface area contributed by atoms with Crippen LogP contribution >= 0.6 is 0 Å². The molecule has 1 aromatic rings. The second-order valence-electron chi connectivity index (χ2n) is 3.23. The molecule has 0 radical (unpaired) electrons. The fraction of sp³-hybridized carbons (Fsp3) is 0.333. The predicted octanol–water partition coefficient (Wildman–Crippen LogP) is 3.59. The van der Waals surface area contributed by atoms with E-state index in [1.807, 2.05) is 20.2 Å². The molecule has 0 spiro atoms. The lowest BCUT2D eigenvalue weighted by molar-refractivity contribution is 0.151. The third kappa shape index (κ3) is 3.05. The number of alkyl halides is 2. The first-order chi connectivity index (χ1) is 7.19. The molecular formula is C12H15F2N. The Morgan fingerprint density at radius 1 is 1.33 bits per heavy atom. The average molecular weight is 211 g/mol. The zero-order chi connectivity index (χ0) is 11.3. The second-order valence-corrected chi connectivity index (χ2v) is 3.23. The van der Waals surface area contributed by atoms with E-state index < -0.39 is 6.43 Å². The maximum absolute atomic E-state index is 12.3. The van der Waals surface area contributed by atoms with Crippen LogP contribution in [0.15, 0.2) is 30.5 Å². The molecule has 0 heterocycles. The normalized spacial score (nSPS) is 11.9. The summed E-state index contributed by atoms with van der Waals surface area (Å²) in [5, 5.41) is 2.94. The Morgan fingerprint density at radius 3 is 2.33 bits per heavy atom.